The van der Waals surface area contributed by atoms with Crippen LogP contribution in [0.15, 0.2) is 42.5 Å². The number of H-pyrrole nitrogens is 1. The second kappa shape index (κ2) is 6.78. The van der Waals surface area contributed by atoms with Crippen molar-refractivity contribution in [3.8, 4) is 0 Å². The Bertz CT molecular complexity index is 819. The number of aromatic amines is 1. The molecule has 0 atom stereocenters. The van der Waals surface area contributed by atoms with Gasteiger partial charge in [-0.2, -0.15) is 5.21 Å². The number of amides is 1. The van der Waals surface area contributed by atoms with Crippen LogP contribution in [-0.4, -0.2) is 26.5 Å². The predicted octanol–water partition coefficient (Wildman–Crippen LogP) is 2.73. The minimum Gasteiger partial charge on any atom is -0.343 e. The Morgan fingerprint density at radius 2 is 1.88 bits per heavy atom. The fourth-order valence-electron chi connectivity index (χ4n) is 3.09. The molecule has 0 fully saturated rings. The van der Waals surface area contributed by atoms with Crippen molar-refractivity contribution in [1.82, 2.24) is 25.9 Å². The third-order valence-electron chi connectivity index (χ3n) is 4.59. The highest BCUT2D eigenvalue weighted by Crippen LogP contribution is 2.26. The number of rotatable bonds is 6. The molecule has 1 amide bonds. The van der Waals surface area contributed by atoms with E-state index in [0.29, 0.717) is 25.1 Å². The van der Waals surface area contributed by atoms with Crippen LogP contribution in [0.1, 0.15) is 38.1 Å². The summed E-state index contributed by atoms with van der Waals surface area (Å²) in [7, 11) is 0. The molecule has 124 valence electrons. The van der Waals surface area contributed by atoms with Crippen molar-refractivity contribution >= 4 is 16.7 Å². The van der Waals surface area contributed by atoms with Crippen LogP contribution in [0.2, 0.25) is 0 Å². The lowest BCUT2D eigenvalue weighted by atomic mass is 9.91. The normalized spacial score (nSPS) is 11.6. The molecule has 0 aliphatic heterocycles. The van der Waals surface area contributed by atoms with Gasteiger partial charge in [0.1, 0.15) is 5.54 Å². The van der Waals surface area contributed by atoms with Crippen molar-refractivity contribution in [2.24, 2.45) is 0 Å². The zero-order valence-electron chi connectivity index (χ0n) is 13.9. The summed E-state index contributed by atoms with van der Waals surface area (Å²) in [5, 5.41) is 19.6. The largest absolute Gasteiger partial charge is 0.343 e. The number of hydrogen-bond acceptors (Lipinski definition) is 4. The van der Waals surface area contributed by atoms with Crippen LogP contribution >= 0.6 is 0 Å². The van der Waals surface area contributed by atoms with Gasteiger partial charge in [0, 0.05) is 0 Å². The number of aromatic nitrogens is 4. The molecule has 0 radical (unpaired) electrons. The fraction of sp³-hybridized carbons (Fsp3) is 0.333. The van der Waals surface area contributed by atoms with Gasteiger partial charge >= 0.3 is 0 Å². The molecule has 0 bridgehead atoms. The lowest BCUT2D eigenvalue weighted by Crippen LogP contribution is -2.46. The van der Waals surface area contributed by atoms with Crippen molar-refractivity contribution in [2.45, 2.75) is 38.6 Å². The van der Waals surface area contributed by atoms with Gasteiger partial charge in [-0.15, -0.1) is 10.2 Å². The number of nitrogens with one attached hydrogen (secondary N) is 2. The quantitative estimate of drug-likeness (QED) is 0.730. The third kappa shape index (κ3) is 2.99. The van der Waals surface area contributed by atoms with E-state index >= 15 is 0 Å². The van der Waals surface area contributed by atoms with Crippen LogP contribution in [0, 0.1) is 0 Å². The maximum atomic E-state index is 12.7. The SMILES string of the molecule is CCC(CC)(NC(=O)Cc1cccc2ccccc12)c1nn[nH]n1. The summed E-state index contributed by atoms with van der Waals surface area (Å²) >= 11 is 0. The molecule has 1 heterocycles. The van der Waals surface area contributed by atoms with Gasteiger partial charge in [0.05, 0.1) is 6.42 Å². The summed E-state index contributed by atoms with van der Waals surface area (Å²) in [6.45, 7) is 4.02. The summed E-state index contributed by atoms with van der Waals surface area (Å²) in [4.78, 5) is 12.7. The zero-order valence-corrected chi connectivity index (χ0v) is 13.9. The Kier molecular flexibility index (Phi) is 4.55. The summed E-state index contributed by atoms with van der Waals surface area (Å²) in [5.74, 6) is 0.485. The van der Waals surface area contributed by atoms with Crippen molar-refractivity contribution < 1.29 is 4.79 Å². The second-order valence-corrected chi connectivity index (χ2v) is 5.89. The van der Waals surface area contributed by atoms with E-state index in [0.717, 1.165) is 16.3 Å². The zero-order chi connectivity index (χ0) is 17.0. The van der Waals surface area contributed by atoms with Crippen LogP contribution in [0.5, 0.6) is 0 Å². The van der Waals surface area contributed by atoms with Gasteiger partial charge in [-0.25, -0.2) is 0 Å². The lowest BCUT2D eigenvalue weighted by Gasteiger charge is -2.29. The minimum absolute atomic E-state index is 0.0418. The summed E-state index contributed by atoms with van der Waals surface area (Å²) < 4.78 is 0. The second-order valence-electron chi connectivity index (χ2n) is 5.89. The summed E-state index contributed by atoms with van der Waals surface area (Å²) in [6, 6.07) is 14.1. The Hall–Kier alpha value is -2.76. The van der Waals surface area contributed by atoms with E-state index in [4.69, 9.17) is 0 Å². The first kappa shape index (κ1) is 16.1. The standard InChI is InChI=1S/C18H21N5O/c1-3-18(4-2,17-20-22-23-21-17)19-16(24)12-14-10-7-9-13-8-5-6-11-15(13)14/h5-11H,3-4,12H2,1-2H3,(H,19,24)(H,20,21,22,23). The van der Waals surface area contributed by atoms with E-state index < -0.39 is 5.54 Å². The molecule has 3 rings (SSSR count). The molecule has 6 nitrogen and oxygen atoms in total. The molecule has 0 saturated carbocycles. The van der Waals surface area contributed by atoms with E-state index in [1.54, 1.807) is 0 Å². The Morgan fingerprint density at radius 1 is 1.12 bits per heavy atom. The van der Waals surface area contributed by atoms with Crippen molar-refractivity contribution in [3.63, 3.8) is 0 Å². The maximum absolute atomic E-state index is 12.7. The van der Waals surface area contributed by atoms with E-state index in [9.17, 15) is 4.79 Å². The van der Waals surface area contributed by atoms with Crippen LogP contribution < -0.4 is 5.32 Å². The number of fused-ring (bicyclic) bond motifs is 1. The van der Waals surface area contributed by atoms with Gasteiger partial charge in [0.25, 0.3) is 0 Å². The average Bonchev–Trinajstić information content (AvgIpc) is 3.15. The monoisotopic (exact) mass is 323 g/mol. The smallest absolute Gasteiger partial charge is 0.225 e. The molecule has 1 aromatic heterocycles. The van der Waals surface area contributed by atoms with E-state index in [1.807, 2.05) is 44.2 Å². The molecule has 2 aromatic carbocycles. The molecule has 0 spiro atoms. The molecule has 2 N–H and O–H groups in total. The van der Waals surface area contributed by atoms with Crippen LogP contribution in [0.3, 0.4) is 0 Å². The van der Waals surface area contributed by atoms with Gasteiger partial charge in [0.15, 0.2) is 5.82 Å². The number of benzene rings is 2. The minimum atomic E-state index is -0.589. The van der Waals surface area contributed by atoms with Crippen molar-refractivity contribution in [3.05, 3.63) is 53.9 Å². The highest BCUT2D eigenvalue weighted by molar-refractivity contribution is 5.90. The molecular formula is C18H21N5O. The highest BCUT2D eigenvalue weighted by Gasteiger charge is 2.34. The van der Waals surface area contributed by atoms with Gasteiger partial charge in [-0.3, -0.25) is 4.79 Å². The maximum Gasteiger partial charge on any atom is 0.225 e. The first-order valence-corrected chi connectivity index (χ1v) is 8.20. The fourth-order valence-corrected chi connectivity index (χ4v) is 3.09. The number of carbonyl (C=O) groups is 1. The molecule has 6 heteroatoms. The first-order chi connectivity index (χ1) is 11.7. The van der Waals surface area contributed by atoms with Gasteiger partial charge in [-0.1, -0.05) is 61.5 Å². The summed E-state index contributed by atoms with van der Waals surface area (Å²) in [5.41, 5.74) is 0.425. The van der Waals surface area contributed by atoms with Crippen LogP contribution in [0.4, 0.5) is 0 Å². The van der Waals surface area contributed by atoms with E-state index in [1.165, 1.54) is 0 Å². The van der Waals surface area contributed by atoms with Gasteiger partial charge < -0.3 is 5.32 Å². The topological polar surface area (TPSA) is 83.6 Å². The molecular weight excluding hydrogens is 302 g/mol. The number of tetrazole rings is 1. The highest BCUT2D eigenvalue weighted by atomic mass is 16.1. The van der Waals surface area contributed by atoms with E-state index in [2.05, 4.69) is 38.1 Å². The van der Waals surface area contributed by atoms with Gasteiger partial charge in [0.2, 0.25) is 5.91 Å². The molecule has 3 aromatic rings. The average molecular weight is 323 g/mol. The number of nitrogens with zero attached hydrogens (tertiary/aromatic N) is 3. The Labute approximate surface area is 140 Å². The molecule has 0 unspecified atom stereocenters. The Morgan fingerprint density at radius 3 is 2.58 bits per heavy atom. The van der Waals surface area contributed by atoms with Crippen molar-refractivity contribution in [1.29, 1.82) is 0 Å². The number of carbonyl (C=O) groups excluding carboxylic acids is 1. The first-order valence-electron chi connectivity index (χ1n) is 8.20. The van der Waals surface area contributed by atoms with E-state index in [-0.39, 0.29) is 5.91 Å². The van der Waals surface area contributed by atoms with Gasteiger partial charge in [-0.05, 0) is 29.2 Å². The molecule has 0 aliphatic carbocycles. The van der Waals surface area contributed by atoms with Crippen LogP contribution in [0.25, 0.3) is 10.8 Å². The Balaban J connectivity index is 1.84. The van der Waals surface area contributed by atoms with Crippen LogP contribution in [-0.2, 0) is 16.8 Å². The third-order valence-corrected chi connectivity index (χ3v) is 4.59. The predicted molar refractivity (Wildman–Crippen MR) is 92.2 cm³/mol. The number of hydrogen-bond donors (Lipinski definition) is 2. The van der Waals surface area contributed by atoms with Crippen molar-refractivity contribution in [2.75, 3.05) is 0 Å². The molecule has 24 heavy (non-hydrogen) atoms. The molecule has 0 aliphatic rings. The summed E-state index contributed by atoms with van der Waals surface area (Å²) in [6.07, 6.45) is 1.72. The lowest BCUT2D eigenvalue weighted by molar-refractivity contribution is -0.122. The molecule has 0 saturated heterocycles.